The zero-order valence-electron chi connectivity index (χ0n) is 6.53. The molecule has 0 radical (unpaired) electrons. The molecule has 0 aliphatic carbocycles. The van der Waals surface area contributed by atoms with Crippen LogP contribution in [-0.2, 0) is 9.53 Å². The summed E-state index contributed by atoms with van der Waals surface area (Å²) in [6.45, 7) is 0. The van der Waals surface area contributed by atoms with Crippen LogP contribution in [0.3, 0.4) is 0 Å². The van der Waals surface area contributed by atoms with Crippen molar-refractivity contribution in [2.24, 2.45) is 0 Å². The number of carbonyl (C=O) groups excluding carboxylic acids is 1. The predicted octanol–water partition coefficient (Wildman–Crippen LogP) is 0.589. The fraction of sp³-hybridized carbons (Fsp3) is 0.250. The van der Waals surface area contributed by atoms with Crippen LogP contribution in [0, 0.1) is 11.8 Å². The minimum atomic E-state index is -0.348. The van der Waals surface area contributed by atoms with Crippen LogP contribution in [0.4, 0.5) is 0 Å². The van der Waals surface area contributed by atoms with Gasteiger partial charge in [0.1, 0.15) is 12.7 Å². The van der Waals surface area contributed by atoms with Crippen LogP contribution < -0.4 is 0 Å². The zero-order chi connectivity index (χ0) is 8.81. The number of ether oxygens (including phenoxy) is 1. The maximum absolute atomic E-state index is 10.6. The van der Waals surface area contributed by atoms with E-state index in [0.29, 0.717) is 5.56 Å². The summed E-state index contributed by atoms with van der Waals surface area (Å²) in [6, 6.07) is 0. The normalized spacial score (nSPS) is 8.42. The molecule has 0 amide bonds. The van der Waals surface area contributed by atoms with Gasteiger partial charge in [0.05, 0.1) is 18.9 Å². The SMILES string of the molecule is COC(=O)CC#Cc1cnoc1. The summed E-state index contributed by atoms with van der Waals surface area (Å²) in [5, 5.41) is 3.45. The van der Waals surface area contributed by atoms with Gasteiger partial charge in [0.2, 0.25) is 0 Å². The molecule has 4 nitrogen and oxygen atoms in total. The molecule has 0 atom stereocenters. The van der Waals surface area contributed by atoms with Gasteiger partial charge < -0.3 is 9.26 Å². The lowest BCUT2D eigenvalue weighted by atomic mass is 10.3. The first-order valence-corrected chi connectivity index (χ1v) is 3.28. The predicted molar refractivity (Wildman–Crippen MR) is 40.0 cm³/mol. The number of hydrogen-bond donors (Lipinski definition) is 0. The van der Waals surface area contributed by atoms with Crippen LogP contribution in [0.5, 0.6) is 0 Å². The molecule has 1 aromatic rings. The number of hydrogen-bond acceptors (Lipinski definition) is 4. The Morgan fingerprint density at radius 1 is 1.83 bits per heavy atom. The highest BCUT2D eigenvalue weighted by Gasteiger charge is 1.93. The van der Waals surface area contributed by atoms with Crippen LogP contribution in [0.15, 0.2) is 17.0 Å². The molecule has 0 aromatic carbocycles. The number of methoxy groups -OCH3 is 1. The third-order valence-corrected chi connectivity index (χ3v) is 1.13. The lowest BCUT2D eigenvalue weighted by Gasteiger charge is -1.88. The van der Waals surface area contributed by atoms with E-state index >= 15 is 0 Å². The fourth-order valence-electron chi connectivity index (χ4n) is 0.557. The van der Waals surface area contributed by atoms with Crippen LogP contribution in [0.1, 0.15) is 12.0 Å². The van der Waals surface area contributed by atoms with Crippen molar-refractivity contribution in [3.8, 4) is 11.8 Å². The van der Waals surface area contributed by atoms with E-state index in [4.69, 9.17) is 0 Å². The Morgan fingerprint density at radius 2 is 2.67 bits per heavy atom. The maximum atomic E-state index is 10.6. The third kappa shape index (κ3) is 2.46. The number of carbonyl (C=O) groups is 1. The fourth-order valence-corrected chi connectivity index (χ4v) is 0.557. The van der Waals surface area contributed by atoms with E-state index < -0.39 is 0 Å². The molecule has 0 unspecified atom stereocenters. The van der Waals surface area contributed by atoms with Crippen LogP contribution in [0.25, 0.3) is 0 Å². The minimum absolute atomic E-state index is 0.0850. The molecule has 1 heterocycles. The molecule has 0 bridgehead atoms. The summed E-state index contributed by atoms with van der Waals surface area (Å²) in [5.74, 6) is 4.95. The van der Waals surface area contributed by atoms with Gasteiger partial charge in [-0.2, -0.15) is 0 Å². The number of esters is 1. The van der Waals surface area contributed by atoms with Crippen LogP contribution in [0.2, 0.25) is 0 Å². The quantitative estimate of drug-likeness (QED) is 0.451. The molecule has 0 aliphatic heterocycles. The van der Waals surface area contributed by atoms with Crippen molar-refractivity contribution >= 4 is 5.97 Å². The van der Waals surface area contributed by atoms with E-state index in [1.54, 1.807) is 0 Å². The second-order valence-electron chi connectivity index (χ2n) is 1.97. The van der Waals surface area contributed by atoms with E-state index in [0.717, 1.165) is 0 Å². The summed E-state index contributed by atoms with van der Waals surface area (Å²) in [6.07, 6.45) is 2.97. The Hall–Kier alpha value is -1.76. The molecule has 1 rings (SSSR count). The van der Waals surface area contributed by atoms with Gasteiger partial charge in [-0.05, 0) is 0 Å². The molecular weight excluding hydrogens is 158 g/mol. The number of nitrogens with zero attached hydrogens (tertiary/aromatic N) is 1. The minimum Gasteiger partial charge on any atom is -0.468 e. The van der Waals surface area contributed by atoms with E-state index in [1.807, 2.05) is 0 Å². The van der Waals surface area contributed by atoms with E-state index in [1.165, 1.54) is 19.6 Å². The van der Waals surface area contributed by atoms with Gasteiger partial charge in [-0.1, -0.05) is 17.0 Å². The summed E-state index contributed by atoms with van der Waals surface area (Å²) in [7, 11) is 1.32. The molecule has 0 saturated heterocycles. The second kappa shape index (κ2) is 4.19. The maximum Gasteiger partial charge on any atom is 0.317 e. The van der Waals surface area contributed by atoms with Crippen LogP contribution >= 0.6 is 0 Å². The van der Waals surface area contributed by atoms with Crippen molar-refractivity contribution < 1.29 is 14.1 Å². The first-order valence-electron chi connectivity index (χ1n) is 3.28. The molecule has 12 heavy (non-hydrogen) atoms. The van der Waals surface area contributed by atoms with Gasteiger partial charge in [0.15, 0.2) is 0 Å². The monoisotopic (exact) mass is 165 g/mol. The highest BCUT2D eigenvalue weighted by atomic mass is 16.5. The van der Waals surface area contributed by atoms with Crippen molar-refractivity contribution in [2.45, 2.75) is 6.42 Å². The standard InChI is InChI=1S/C8H7NO3/c1-11-8(10)4-2-3-7-5-9-12-6-7/h5-6H,4H2,1H3. The van der Waals surface area contributed by atoms with Crippen molar-refractivity contribution in [3.63, 3.8) is 0 Å². The summed E-state index contributed by atoms with van der Waals surface area (Å²) in [4.78, 5) is 10.6. The highest BCUT2D eigenvalue weighted by Crippen LogP contribution is 1.92. The largest absolute Gasteiger partial charge is 0.468 e. The second-order valence-corrected chi connectivity index (χ2v) is 1.97. The molecular formula is C8H7NO3. The van der Waals surface area contributed by atoms with Gasteiger partial charge in [0.25, 0.3) is 0 Å². The lowest BCUT2D eigenvalue weighted by molar-refractivity contribution is -0.139. The van der Waals surface area contributed by atoms with Gasteiger partial charge in [-0.25, -0.2) is 0 Å². The molecule has 0 aliphatic rings. The Kier molecular flexibility index (Phi) is 2.91. The lowest BCUT2D eigenvalue weighted by Crippen LogP contribution is -1.96. The van der Waals surface area contributed by atoms with E-state index in [2.05, 4.69) is 26.3 Å². The highest BCUT2D eigenvalue weighted by molar-refractivity contribution is 5.72. The van der Waals surface area contributed by atoms with Crippen molar-refractivity contribution in [1.29, 1.82) is 0 Å². The van der Waals surface area contributed by atoms with Gasteiger partial charge in [-0.3, -0.25) is 4.79 Å². The number of aromatic nitrogens is 1. The third-order valence-electron chi connectivity index (χ3n) is 1.13. The average Bonchev–Trinajstić information content (AvgIpc) is 2.57. The van der Waals surface area contributed by atoms with Gasteiger partial charge in [0, 0.05) is 0 Å². The van der Waals surface area contributed by atoms with Gasteiger partial charge >= 0.3 is 5.97 Å². The Labute approximate surface area is 69.5 Å². The van der Waals surface area contributed by atoms with Crippen LogP contribution in [-0.4, -0.2) is 18.2 Å². The molecule has 62 valence electrons. The average molecular weight is 165 g/mol. The molecule has 0 saturated carbocycles. The topological polar surface area (TPSA) is 52.3 Å². The molecule has 1 aromatic heterocycles. The van der Waals surface area contributed by atoms with Gasteiger partial charge in [-0.15, -0.1) is 0 Å². The summed E-state index contributed by atoms with van der Waals surface area (Å²) < 4.78 is 8.92. The Morgan fingerprint density at radius 3 is 3.25 bits per heavy atom. The molecule has 4 heteroatoms. The van der Waals surface area contributed by atoms with E-state index in [9.17, 15) is 4.79 Å². The molecule has 0 N–H and O–H groups in total. The Bertz CT molecular complexity index is 305. The van der Waals surface area contributed by atoms with Crippen molar-refractivity contribution in [2.75, 3.05) is 7.11 Å². The van der Waals surface area contributed by atoms with E-state index in [-0.39, 0.29) is 12.4 Å². The van der Waals surface area contributed by atoms with Crippen molar-refractivity contribution in [3.05, 3.63) is 18.0 Å². The first-order chi connectivity index (χ1) is 5.83. The number of rotatable bonds is 1. The molecule has 0 spiro atoms. The Balaban J connectivity index is 2.45. The molecule has 0 fully saturated rings. The smallest absolute Gasteiger partial charge is 0.317 e. The van der Waals surface area contributed by atoms with Crippen molar-refractivity contribution in [1.82, 2.24) is 5.16 Å². The zero-order valence-corrected chi connectivity index (χ0v) is 6.53. The summed E-state index contributed by atoms with van der Waals surface area (Å²) in [5.41, 5.74) is 0.652. The first kappa shape index (κ1) is 8.34. The summed E-state index contributed by atoms with van der Waals surface area (Å²) >= 11 is 0.